The quantitative estimate of drug-likeness (QED) is 0.546. The summed E-state index contributed by atoms with van der Waals surface area (Å²) in [6.07, 6.45) is 0. The van der Waals surface area contributed by atoms with E-state index in [0.29, 0.717) is 22.0 Å². The first kappa shape index (κ1) is 15.3. The average molecular weight is 347 g/mol. The van der Waals surface area contributed by atoms with Crippen LogP contribution in [0.5, 0.6) is 0 Å². The van der Waals surface area contributed by atoms with Crippen molar-refractivity contribution < 1.29 is 9.59 Å². The number of imidazole rings is 1. The highest BCUT2D eigenvalue weighted by Gasteiger charge is 2.19. The molecule has 4 rings (SSSR count). The minimum absolute atomic E-state index is 0.162. The van der Waals surface area contributed by atoms with E-state index >= 15 is 0 Å². The second-order valence-electron chi connectivity index (χ2n) is 5.41. The molecule has 2 aromatic heterocycles. The fourth-order valence-electron chi connectivity index (χ4n) is 2.61. The molecule has 0 unspecified atom stereocenters. The van der Waals surface area contributed by atoms with Crippen molar-refractivity contribution in [2.75, 3.05) is 5.32 Å². The summed E-state index contributed by atoms with van der Waals surface area (Å²) in [7, 11) is 0. The molecule has 2 N–H and O–H groups in total. The largest absolute Gasteiger partial charge is 0.324 e. The number of amides is 1. The van der Waals surface area contributed by atoms with Gasteiger partial charge in [0.1, 0.15) is 0 Å². The number of hydrogen-bond donors (Lipinski definition) is 2. The van der Waals surface area contributed by atoms with E-state index in [2.05, 4.69) is 15.3 Å². The smallest absolute Gasteiger partial charge is 0.258 e. The highest BCUT2D eigenvalue weighted by Crippen LogP contribution is 2.20. The molecule has 0 saturated heterocycles. The van der Waals surface area contributed by atoms with Gasteiger partial charge in [-0.15, -0.1) is 11.3 Å². The van der Waals surface area contributed by atoms with Crippen molar-refractivity contribution in [3.63, 3.8) is 0 Å². The van der Waals surface area contributed by atoms with Crippen LogP contribution in [0.2, 0.25) is 0 Å². The SMILES string of the molecule is O=C(Nc1nc2ccccc2[nH]1)c1ccccc1C(=O)c1cccs1. The predicted octanol–water partition coefficient (Wildman–Crippen LogP) is 4.11. The van der Waals surface area contributed by atoms with Crippen molar-refractivity contribution in [1.29, 1.82) is 0 Å². The number of carbonyl (C=O) groups excluding carboxylic acids is 2. The number of hydrogen-bond acceptors (Lipinski definition) is 4. The van der Waals surface area contributed by atoms with Gasteiger partial charge in [-0.3, -0.25) is 14.9 Å². The molecule has 0 aliphatic carbocycles. The number of para-hydroxylation sites is 2. The van der Waals surface area contributed by atoms with E-state index < -0.39 is 0 Å². The molecule has 6 heteroatoms. The monoisotopic (exact) mass is 347 g/mol. The lowest BCUT2D eigenvalue weighted by molar-refractivity contribution is 0.0997. The third kappa shape index (κ3) is 2.95. The lowest BCUT2D eigenvalue weighted by Crippen LogP contribution is -2.17. The van der Waals surface area contributed by atoms with E-state index in [9.17, 15) is 9.59 Å². The second-order valence-corrected chi connectivity index (χ2v) is 6.36. The topological polar surface area (TPSA) is 74.8 Å². The third-order valence-electron chi connectivity index (χ3n) is 3.78. The summed E-state index contributed by atoms with van der Waals surface area (Å²) >= 11 is 1.35. The minimum Gasteiger partial charge on any atom is -0.324 e. The molecule has 0 spiro atoms. The number of rotatable bonds is 4. The van der Waals surface area contributed by atoms with Crippen LogP contribution in [0.4, 0.5) is 5.95 Å². The number of carbonyl (C=O) groups is 2. The van der Waals surface area contributed by atoms with Gasteiger partial charge < -0.3 is 4.98 Å². The Morgan fingerprint density at radius 2 is 1.68 bits per heavy atom. The fourth-order valence-corrected chi connectivity index (χ4v) is 3.28. The highest BCUT2D eigenvalue weighted by atomic mass is 32.1. The van der Waals surface area contributed by atoms with Crippen molar-refractivity contribution in [3.05, 3.63) is 82.0 Å². The van der Waals surface area contributed by atoms with Crippen LogP contribution in [0.3, 0.4) is 0 Å². The molecule has 25 heavy (non-hydrogen) atoms. The number of fused-ring (bicyclic) bond motifs is 1. The average Bonchev–Trinajstić information content (AvgIpc) is 3.30. The maximum absolute atomic E-state index is 12.7. The molecule has 0 bridgehead atoms. The number of benzene rings is 2. The molecule has 0 aliphatic rings. The van der Waals surface area contributed by atoms with Gasteiger partial charge in [0.05, 0.1) is 21.5 Å². The Balaban J connectivity index is 1.65. The number of anilines is 1. The summed E-state index contributed by atoms with van der Waals surface area (Å²) in [5.74, 6) is -0.186. The molecular formula is C19H13N3O2S. The standard InChI is InChI=1S/C19H13N3O2S/c23-17(16-10-5-11-25-16)12-6-1-2-7-13(12)18(24)22-19-20-14-8-3-4-9-15(14)21-19/h1-11H,(H2,20,21,22,24). The molecule has 122 valence electrons. The van der Waals surface area contributed by atoms with Crippen molar-refractivity contribution >= 4 is 40.0 Å². The third-order valence-corrected chi connectivity index (χ3v) is 4.65. The van der Waals surface area contributed by atoms with Gasteiger partial charge >= 0.3 is 0 Å². The number of nitrogens with zero attached hydrogens (tertiary/aromatic N) is 1. The van der Waals surface area contributed by atoms with Gasteiger partial charge in [0, 0.05) is 5.56 Å². The first-order valence-corrected chi connectivity index (χ1v) is 8.53. The van der Waals surface area contributed by atoms with Gasteiger partial charge in [0.15, 0.2) is 0 Å². The number of aromatic nitrogens is 2. The predicted molar refractivity (Wildman–Crippen MR) is 98.2 cm³/mol. The van der Waals surface area contributed by atoms with Gasteiger partial charge in [0.25, 0.3) is 5.91 Å². The summed E-state index contributed by atoms with van der Waals surface area (Å²) in [6, 6.07) is 17.9. The summed E-state index contributed by atoms with van der Waals surface area (Å²) in [6.45, 7) is 0. The Bertz CT molecular complexity index is 1030. The Hall–Kier alpha value is -3.25. The lowest BCUT2D eigenvalue weighted by Gasteiger charge is -2.07. The fraction of sp³-hybridized carbons (Fsp3) is 0. The number of thiophene rings is 1. The Kier molecular flexibility index (Phi) is 3.87. The Morgan fingerprint density at radius 3 is 2.44 bits per heavy atom. The lowest BCUT2D eigenvalue weighted by atomic mass is 10.0. The van der Waals surface area contributed by atoms with Crippen LogP contribution in [-0.2, 0) is 0 Å². The number of nitrogens with one attached hydrogen (secondary N) is 2. The molecule has 2 heterocycles. The van der Waals surface area contributed by atoms with Crippen LogP contribution < -0.4 is 5.32 Å². The van der Waals surface area contributed by atoms with Gasteiger partial charge in [-0.25, -0.2) is 4.98 Å². The first-order valence-electron chi connectivity index (χ1n) is 7.66. The number of H-pyrrole nitrogens is 1. The van der Waals surface area contributed by atoms with Crippen LogP contribution >= 0.6 is 11.3 Å². The van der Waals surface area contributed by atoms with E-state index in [1.54, 1.807) is 30.3 Å². The van der Waals surface area contributed by atoms with E-state index in [0.717, 1.165) is 11.0 Å². The summed E-state index contributed by atoms with van der Waals surface area (Å²) < 4.78 is 0. The van der Waals surface area contributed by atoms with Crippen molar-refractivity contribution in [2.24, 2.45) is 0 Å². The summed E-state index contributed by atoms with van der Waals surface area (Å²) in [5, 5.41) is 4.57. The highest BCUT2D eigenvalue weighted by molar-refractivity contribution is 7.12. The van der Waals surface area contributed by atoms with E-state index in [1.807, 2.05) is 35.7 Å². The van der Waals surface area contributed by atoms with Crippen LogP contribution in [0.25, 0.3) is 11.0 Å². The second kappa shape index (κ2) is 6.33. The summed E-state index contributed by atoms with van der Waals surface area (Å²) in [5.41, 5.74) is 2.29. The van der Waals surface area contributed by atoms with Gasteiger partial charge in [-0.2, -0.15) is 0 Å². The Labute approximate surface area is 147 Å². The minimum atomic E-state index is -0.375. The van der Waals surface area contributed by atoms with Crippen molar-refractivity contribution in [2.45, 2.75) is 0 Å². The summed E-state index contributed by atoms with van der Waals surface area (Å²) in [4.78, 5) is 33.3. The Morgan fingerprint density at radius 1 is 0.920 bits per heavy atom. The molecule has 0 atom stereocenters. The van der Waals surface area contributed by atoms with Crippen molar-refractivity contribution in [1.82, 2.24) is 9.97 Å². The number of ketones is 1. The maximum atomic E-state index is 12.7. The zero-order chi connectivity index (χ0) is 17.2. The van der Waals surface area contributed by atoms with E-state index in [4.69, 9.17) is 0 Å². The van der Waals surface area contributed by atoms with E-state index in [1.165, 1.54) is 11.3 Å². The normalized spacial score (nSPS) is 10.7. The van der Waals surface area contributed by atoms with Gasteiger partial charge in [-0.05, 0) is 29.6 Å². The molecule has 0 radical (unpaired) electrons. The molecule has 0 fully saturated rings. The van der Waals surface area contributed by atoms with Crippen LogP contribution in [0, 0.1) is 0 Å². The van der Waals surface area contributed by atoms with Crippen LogP contribution in [0.15, 0.2) is 66.0 Å². The molecular weight excluding hydrogens is 334 g/mol. The zero-order valence-electron chi connectivity index (χ0n) is 13.0. The molecule has 5 nitrogen and oxygen atoms in total. The van der Waals surface area contributed by atoms with Gasteiger partial charge in [-0.1, -0.05) is 36.4 Å². The van der Waals surface area contributed by atoms with Gasteiger partial charge in [0.2, 0.25) is 11.7 Å². The molecule has 0 aliphatic heterocycles. The van der Waals surface area contributed by atoms with Crippen LogP contribution in [-0.4, -0.2) is 21.7 Å². The zero-order valence-corrected chi connectivity index (χ0v) is 13.8. The maximum Gasteiger partial charge on any atom is 0.258 e. The molecule has 0 saturated carbocycles. The van der Waals surface area contributed by atoms with Crippen molar-refractivity contribution in [3.8, 4) is 0 Å². The molecule has 1 amide bonds. The molecule has 4 aromatic rings. The molecule has 2 aromatic carbocycles. The van der Waals surface area contributed by atoms with Crippen LogP contribution in [0.1, 0.15) is 25.6 Å². The first-order chi connectivity index (χ1) is 12.2. The number of aromatic amines is 1. The van der Waals surface area contributed by atoms with E-state index in [-0.39, 0.29) is 11.7 Å².